The maximum atomic E-state index is 13.5. The molecule has 2 aliphatic rings. The zero-order valence-electron chi connectivity index (χ0n) is 16.8. The summed E-state index contributed by atoms with van der Waals surface area (Å²) in [6.45, 7) is 6.50. The molecule has 1 atom stereocenters. The fraction of sp³-hybridized carbons (Fsp3) is 0.391. The number of pyridine rings is 1. The van der Waals surface area contributed by atoms with Crippen LogP contribution in [0.2, 0.25) is 0 Å². The van der Waals surface area contributed by atoms with Gasteiger partial charge in [0, 0.05) is 35.4 Å². The quantitative estimate of drug-likeness (QED) is 0.737. The Morgan fingerprint density at radius 2 is 2.07 bits per heavy atom. The van der Waals surface area contributed by atoms with E-state index < -0.39 is 5.41 Å². The number of carbonyl (C=O) groups excluding carboxylic acids is 2. The summed E-state index contributed by atoms with van der Waals surface area (Å²) in [5, 5.41) is 10.1. The van der Waals surface area contributed by atoms with Gasteiger partial charge < -0.3 is 4.90 Å². The van der Waals surface area contributed by atoms with Gasteiger partial charge in [-0.25, -0.2) is 4.39 Å². The molecule has 0 N–H and O–H groups in total. The van der Waals surface area contributed by atoms with E-state index in [0.717, 1.165) is 0 Å². The standard InChI is InChI=1S/C23H22FN3O2/c1-14-18(8-15-4-5-17(24)9-19(15)26-14)21(29)27-7-6-23(13-27)10-16(11-25)20(28)22(2,3)12-23/h4-5,8-10H,6-7,12-13H2,1-3H3/t23-/m0/s1. The van der Waals surface area contributed by atoms with E-state index in [1.807, 2.05) is 19.9 Å². The van der Waals surface area contributed by atoms with Gasteiger partial charge in [0.15, 0.2) is 5.78 Å². The number of aromatic nitrogens is 1. The number of nitrogens with zero attached hydrogens (tertiary/aromatic N) is 3. The molecule has 1 fully saturated rings. The molecule has 148 valence electrons. The highest BCUT2D eigenvalue weighted by Gasteiger charge is 2.49. The van der Waals surface area contributed by atoms with Gasteiger partial charge in [0.25, 0.3) is 5.91 Å². The van der Waals surface area contributed by atoms with Crippen LogP contribution in [-0.4, -0.2) is 34.7 Å². The monoisotopic (exact) mass is 391 g/mol. The molecule has 1 aliphatic carbocycles. The van der Waals surface area contributed by atoms with Gasteiger partial charge in [-0.2, -0.15) is 5.26 Å². The number of hydrogen-bond acceptors (Lipinski definition) is 4. The SMILES string of the molecule is Cc1nc2cc(F)ccc2cc1C(=O)N1CC[C@@]2(C=C(C#N)C(=O)C(C)(C)C2)C1. The Kier molecular flexibility index (Phi) is 4.30. The first kappa shape index (κ1) is 19.3. The van der Waals surface area contributed by atoms with E-state index in [2.05, 4.69) is 4.98 Å². The predicted molar refractivity (Wildman–Crippen MR) is 106 cm³/mol. The topological polar surface area (TPSA) is 74.1 Å². The van der Waals surface area contributed by atoms with Gasteiger partial charge in [-0.15, -0.1) is 0 Å². The van der Waals surface area contributed by atoms with Crippen molar-refractivity contribution in [2.45, 2.75) is 33.6 Å². The molecule has 0 bridgehead atoms. The largest absolute Gasteiger partial charge is 0.338 e. The number of likely N-dealkylation sites (tertiary alicyclic amines) is 1. The summed E-state index contributed by atoms with van der Waals surface area (Å²) in [5.41, 5.74) is 0.786. The minimum absolute atomic E-state index is 0.125. The van der Waals surface area contributed by atoms with Crippen LogP contribution in [0.4, 0.5) is 4.39 Å². The third kappa shape index (κ3) is 3.21. The number of allylic oxidation sites excluding steroid dienone is 1. The lowest BCUT2D eigenvalue weighted by Crippen LogP contribution is -2.40. The van der Waals surface area contributed by atoms with Crippen LogP contribution in [0.15, 0.2) is 35.9 Å². The number of amides is 1. The number of nitriles is 1. The normalized spacial score (nSPS) is 23.3. The van der Waals surface area contributed by atoms with E-state index in [0.29, 0.717) is 48.1 Å². The first-order chi connectivity index (χ1) is 13.6. The second-order valence-corrected chi connectivity index (χ2v) is 8.86. The molecule has 29 heavy (non-hydrogen) atoms. The van der Waals surface area contributed by atoms with E-state index in [1.54, 1.807) is 30.0 Å². The van der Waals surface area contributed by atoms with E-state index in [9.17, 15) is 19.2 Å². The molecular formula is C23H22FN3O2. The summed E-state index contributed by atoms with van der Waals surface area (Å²) >= 11 is 0. The zero-order valence-corrected chi connectivity index (χ0v) is 16.8. The van der Waals surface area contributed by atoms with Gasteiger partial charge in [0.1, 0.15) is 11.9 Å². The van der Waals surface area contributed by atoms with E-state index in [1.165, 1.54) is 12.1 Å². The van der Waals surface area contributed by atoms with Crippen molar-refractivity contribution >= 4 is 22.6 Å². The molecule has 2 heterocycles. The first-order valence-electron chi connectivity index (χ1n) is 9.68. The molecule has 6 heteroatoms. The number of hydrogen-bond donors (Lipinski definition) is 0. The molecule has 2 aromatic rings. The predicted octanol–water partition coefficient (Wildman–Crippen LogP) is 3.96. The highest BCUT2D eigenvalue weighted by molar-refractivity contribution is 6.04. The number of aryl methyl sites for hydroxylation is 1. The third-order valence-electron chi connectivity index (χ3n) is 6.10. The van der Waals surface area contributed by atoms with Crippen LogP contribution in [-0.2, 0) is 4.79 Å². The number of benzene rings is 1. The summed E-state index contributed by atoms with van der Waals surface area (Å²) in [4.78, 5) is 31.9. The lowest BCUT2D eigenvalue weighted by Gasteiger charge is -2.38. The van der Waals surface area contributed by atoms with Crippen molar-refractivity contribution in [1.29, 1.82) is 5.26 Å². The first-order valence-corrected chi connectivity index (χ1v) is 9.68. The summed E-state index contributed by atoms with van der Waals surface area (Å²) in [6, 6.07) is 8.13. The fourth-order valence-electron chi connectivity index (χ4n) is 4.79. The summed E-state index contributed by atoms with van der Waals surface area (Å²) in [7, 11) is 0. The molecule has 1 saturated heterocycles. The summed E-state index contributed by atoms with van der Waals surface area (Å²) in [6.07, 6.45) is 3.11. The third-order valence-corrected chi connectivity index (χ3v) is 6.10. The van der Waals surface area contributed by atoms with E-state index in [4.69, 9.17) is 0 Å². The van der Waals surface area contributed by atoms with Crippen LogP contribution in [0.5, 0.6) is 0 Å². The maximum Gasteiger partial charge on any atom is 0.255 e. The Balaban J connectivity index is 1.65. The minimum Gasteiger partial charge on any atom is -0.338 e. The van der Waals surface area contributed by atoms with Crippen molar-refractivity contribution in [3.05, 3.63) is 53.0 Å². The van der Waals surface area contributed by atoms with Crippen LogP contribution >= 0.6 is 0 Å². The molecule has 1 aliphatic heterocycles. The van der Waals surface area contributed by atoms with Gasteiger partial charge in [-0.05, 0) is 38.0 Å². The van der Waals surface area contributed by atoms with Crippen LogP contribution < -0.4 is 0 Å². The van der Waals surface area contributed by atoms with Crippen molar-refractivity contribution in [2.75, 3.05) is 13.1 Å². The highest BCUT2D eigenvalue weighted by atomic mass is 19.1. The minimum atomic E-state index is -0.622. The van der Waals surface area contributed by atoms with Crippen molar-refractivity contribution in [3.63, 3.8) is 0 Å². The lowest BCUT2D eigenvalue weighted by atomic mass is 9.64. The smallest absolute Gasteiger partial charge is 0.255 e. The molecule has 5 nitrogen and oxygen atoms in total. The van der Waals surface area contributed by atoms with E-state index in [-0.39, 0.29) is 28.5 Å². The fourth-order valence-corrected chi connectivity index (χ4v) is 4.79. The second kappa shape index (κ2) is 6.48. The highest BCUT2D eigenvalue weighted by Crippen LogP contribution is 2.48. The number of halogens is 1. The number of carbonyl (C=O) groups is 2. The summed E-state index contributed by atoms with van der Waals surface area (Å²) < 4.78 is 13.5. The van der Waals surface area contributed by atoms with Crippen LogP contribution in [0.25, 0.3) is 10.9 Å². The van der Waals surface area contributed by atoms with Crippen molar-refractivity contribution < 1.29 is 14.0 Å². The Hall–Kier alpha value is -3.07. The van der Waals surface area contributed by atoms with Gasteiger partial charge in [-0.3, -0.25) is 14.6 Å². The molecule has 0 radical (unpaired) electrons. The second-order valence-electron chi connectivity index (χ2n) is 8.86. The Morgan fingerprint density at radius 1 is 1.31 bits per heavy atom. The van der Waals surface area contributed by atoms with Crippen molar-refractivity contribution in [3.8, 4) is 6.07 Å². The van der Waals surface area contributed by atoms with Gasteiger partial charge >= 0.3 is 0 Å². The molecule has 1 aromatic carbocycles. The number of rotatable bonds is 1. The van der Waals surface area contributed by atoms with Gasteiger partial charge in [0.05, 0.1) is 22.3 Å². The average Bonchev–Trinajstić information content (AvgIpc) is 3.06. The molecule has 0 saturated carbocycles. The number of fused-ring (bicyclic) bond motifs is 1. The molecule has 1 amide bonds. The number of Topliss-reactive ketones (excluding diaryl/α,β-unsaturated/α-hetero) is 1. The average molecular weight is 391 g/mol. The zero-order chi connectivity index (χ0) is 21.0. The molecule has 1 aromatic heterocycles. The van der Waals surface area contributed by atoms with Gasteiger partial charge in [0.2, 0.25) is 0 Å². The van der Waals surface area contributed by atoms with Crippen LogP contribution in [0, 0.1) is 34.9 Å². The molecule has 4 rings (SSSR count). The Labute approximate surface area is 168 Å². The Bertz CT molecular complexity index is 1130. The molecule has 1 spiro atoms. The van der Waals surface area contributed by atoms with Crippen LogP contribution in [0.3, 0.4) is 0 Å². The van der Waals surface area contributed by atoms with Crippen LogP contribution in [0.1, 0.15) is 42.7 Å². The number of ketones is 1. The Morgan fingerprint density at radius 3 is 2.79 bits per heavy atom. The maximum absolute atomic E-state index is 13.5. The van der Waals surface area contributed by atoms with Crippen molar-refractivity contribution in [2.24, 2.45) is 10.8 Å². The molecular weight excluding hydrogens is 369 g/mol. The molecule has 0 unspecified atom stereocenters. The van der Waals surface area contributed by atoms with Crippen molar-refractivity contribution in [1.82, 2.24) is 9.88 Å². The van der Waals surface area contributed by atoms with E-state index >= 15 is 0 Å². The summed E-state index contributed by atoms with van der Waals surface area (Å²) in [5.74, 6) is -0.614. The van der Waals surface area contributed by atoms with Gasteiger partial charge in [-0.1, -0.05) is 19.9 Å². The lowest BCUT2D eigenvalue weighted by molar-refractivity contribution is -0.125.